The predicted molar refractivity (Wildman–Crippen MR) is 119 cm³/mol. The fraction of sp³-hybridized carbons (Fsp3) is 0.409. The molecule has 0 fully saturated rings. The third-order valence-electron chi connectivity index (χ3n) is 4.71. The lowest BCUT2D eigenvalue weighted by molar-refractivity contribution is 0.204. The summed E-state index contributed by atoms with van der Waals surface area (Å²) >= 11 is 12.6. The second kappa shape index (κ2) is 9.17. The minimum atomic E-state index is 0.533. The number of methoxy groups -OCH3 is 1. The fourth-order valence-electron chi connectivity index (χ4n) is 3.52. The molecule has 28 heavy (non-hydrogen) atoms. The molecule has 3 aromatic rings. The number of aromatic nitrogens is 2. The average Bonchev–Trinajstić information content (AvgIpc) is 3.04. The van der Waals surface area contributed by atoms with Crippen LogP contribution in [0.5, 0.6) is 0 Å². The second-order valence-corrected chi connectivity index (χ2v) is 8.16. The van der Waals surface area contributed by atoms with Crippen molar-refractivity contribution in [3.05, 3.63) is 52.1 Å². The number of hydrogen-bond acceptors (Lipinski definition) is 3. The Balaban J connectivity index is 2.19. The number of halogens is 2. The van der Waals surface area contributed by atoms with E-state index < -0.39 is 0 Å². The molecule has 0 saturated heterocycles. The molecule has 0 aliphatic heterocycles. The first-order valence-electron chi connectivity index (χ1n) is 9.66. The van der Waals surface area contributed by atoms with Gasteiger partial charge < -0.3 is 9.64 Å². The first kappa shape index (κ1) is 21.0. The highest BCUT2D eigenvalue weighted by molar-refractivity contribution is 6.36. The van der Waals surface area contributed by atoms with Crippen LogP contribution in [0.1, 0.15) is 26.5 Å². The molecule has 0 amide bonds. The van der Waals surface area contributed by atoms with E-state index in [1.54, 1.807) is 13.2 Å². The van der Waals surface area contributed by atoms with E-state index in [1.165, 1.54) is 5.69 Å². The zero-order valence-electron chi connectivity index (χ0n) is 16.9. The summed E-state index contributed by atoms with van der Waals surface area (Å²) in [4.78, 5) is 2.39. The Morgan fingerprint density at radius 1 is 1.18 bits per heavy atom. The second-order valence-electron chi connectivity index (χ2n) is 7.31. The number of pyridine rings is 1. The number of aryl methyl sites for hydroxylation is 1. The van der Waals surface area contributed by atoms with Crippen molar-refractivity contribution in [2.75, 3.05) is 31.7 Å². The van der Waals surface area contributed by atoms with E-state index in [1.807, 2.05) is 22.7 Å². The summed E-state index contributed by atoms with van der Waals surface area (Å²) in [7, 11) is 1.74. The van der Waals surface area contributed by atoms with Crippen molar-refractivity contribution in [3.8, 4) is 11.3 Å². The maximum atomic E-state index is 6.49. The van der Waals surface area contributed by atoms with E-state index in [4.69, 9.17) is 33.0 Å². The summed E-state index contributed by atoms with van der Waals surface area (Å²) < 4.78 is 7.36. The highest BCUT2D eigenvalue weighted by Crippen LogP contribution is 2.34. The van der Waals surface area contributed by atoms with E-state index >= 15 is 0 Å². The number of rotatable bonds is 8. The lowest BCUT2D eigenvalue weighted by Gasteiger charge is -2.26. The number of hydrogen-bond donors (Lipinski definition) is 0. The van der Waals surface area contributed by atoms with Gasteiger partial charge in [-0.2, -0.15) is 5.10 Å². The van der Waals surface area contributed by atoms with Gasteiger partial charge in [-0.1, -0.05) is 50.0 Å². The smallest absolute Gasteiger partial charge is 0.0905 e. The molecular formula is C22H27Cl2N3O. The van der Waals surface area contributed by atoms with Crippen molar-refractivity contribution in [1.82, 2.24) is 9.61 Å². The molecule has 150 valence electrons. The third kappa shape index (κ3) is 4.29. The van der Waals surface area contributed by atoms with Gasteiger partial charge in [0.25, 0.3) is 0 Å². The SMILES string of the molecule is CCc1nn2c(-c3ccc(Cl)cc3Cl)cccc2c1N(CCOC)CC(C)C. The standard InChI is InChI=1S/C22H27Cl2N3O/c1-5-19-22(26(11-12-28-4)14-15(2)3)21-8-6-7-20(27(21)25-19)17-10-9-16(23)13-18(17)24/h6-10,13,15H,5,11-12,14H2,1-4H3. The molecule has 0 saturated carbocycles. The van der Waals surface area contributed by atoms with Crippen LogP contribution < -0.4 is 4.90 Å². The van der Waals surface area contributed by atoms with Gasteiger partial charge in [0.2, 0.25) is 0 Å². The number of ether oxygens (including phenoxy) is 1. The minimum Gasteiger partial charge on any atom is -0.383 e. The highest BCUT2D eigenvalue weighted by Gasteiger charge is 2.21. The van der Waals surface area contributed by atoms with Gasteiger partial charge in [0.15, 0.2) is 0 Å². The zero-order valence-corrected chi connectivity index (χ0v) is 18.4. The van der Waals surface area contributed by atoms with Gasteiger partial charge in [0, 0.05) is 30.8 Å². The van der Waals surface area contributed by atoms with Crippen LogP contribution in [0.15, 0.2) is 36.4 Å². The molecule has 6 heteroatoms. The Hall–Kier alpha value is -1.75. The van der Waals surface area contributed by atoms with Crippen LogP contribution in [0.4, 0.5) is 5.69 Å². The van der Waals surface area contributed by atoms with Gasteiger partial charge in [-0.3, -0.25) is 0 Å². The Labute approximate surface area is 177 Å². The molecule has 0 radical (unpaired) electrons. The number of fused-ring (bicyclic) bond motifs is 1. The summed E-state index contributed by atoms with van der Waals surface area (Å²) in [6, 6.07) is 11.8. The van der Waals surface area contributed by atoms with Crippen LogP contribution in [0, 0.1) is 5.92 Å². The highest BCUT2D eigenvalue weighted by atomic mass is 35.5. The Morgan fingerprint density at radius 2 is 1.96 bits per heavy atom. The Kier molecular flexibility index (Phi) is 6.86. The lowest BCUT2D eigenvalue weighted by atomic mass is 10.1. The van der Waals surface area contributed by atoms with Crippen LogP contribution in [-0.2, 0) is 11.2 Å². The van der Waals surface area contributed by atoms with Crippen LogP contribution in [0.2, 0.25) is 10.0 Å². The monoisotopic (exact) mass is 419 g/mol. The van der Waals surface area contributed by atoms with Gasteiger partial charge >= 0.3 is 0 Å². The molecule has 3 rings (SSSR count). The summed E-state index contributed by atoms with van der Waals surface area (Å²) in [5, 5.41) is 6.19. The molecule has 0 N–H and O–H groups in total. The van der Waals surface area contributed by atoms with Crippen molar-refractivity contribution in [1.29, 1.82) is 0 Å². The van der Waals surface area contributed by atoms with Gasteiger partial charge in [0.1, 0.15) is 0 Å². The minimum absolute atomic E-state index is 0.533. The van der Waals surface area contributed by atoms with Crippen molar-refractivity contribution < 1.29 is 4.74 Å². The number of nitrogens with zero attached hydrogens (tertiary/aromatic N) is 3. The molecule has 4 nitrogen and oxygen atoms in total. The van der Waals surface area contributed by atoms with Crippen LogP contribution in [-0.4, -0.2) is 36.4 Å². The zero-order chi connectivity index (χ0) is 20.3. The van der Waals surface area contributed by atoms with Crippen molar-refractivity contribution in [2.24, 2.45) is 5.92 Å². The Morgan fingerprint density at radius 3 is 2.61 bits per heavy atom. The van der Waals surface area contributed by atoms with E-state index in [-0.39, 0.29) is 0 Å². The summed E-state index contributed by atoms with van der Waals surface area (Å²) in [5.74, 6) is 0.533. The van der Waals surface area contributed by atoms with E-state index in [2.05, 4.69) is 37.8 Å². The molecule has 1 aromatic carbocycles. The van der Waals surface area contributed by atoms with Gasteiger partial charge in [-0.05, 0) is 42.7 Å². The number of benzene rings is 1. The molecule has 0 unspecified atom stereocenters. The molecular weight excluding hydrogens is 393 g/mol. The van der Waals surface area contributed by atoms with Gasteiger partial charge in [-0.15, -0.1) is 0 Å². The Bertz CT molecular complexity index is 952. The average molecular weight is 420 g/mol. The molecule has 0 bridgehead atoms. The van der Waals surface area contributed by atoms with Crippen molar-refractivity contribution >= 4 is 34.4 Å². The molecule has 2 aromatic heterocycles. The summed E-state index contributed by atoms with van der Waals surface area (Å²) in [6.45, 7) is 9.06. The van der Waals surface area contributed by atoms with Crippen molar-refractivity contribution in [2.45, 2.75) is 27.2 Å². The van der Waals surface area contributed by atoms with Crippen molar-refractivity contribution in [3.63, 3.8) is 0 Å². The van der Waals surface area contributed by atoms with E-state index in [9.17, 15) is 0 Å². The number of anilines is 1. The van der Waals surface area contributed by atoms with Gasteiger partial charge in [0.05, 0.1) is 34.2 Å². The molecule has 0 spiro atoms. The van der Waals surface area contributed by atoms with E-state index in [0.29, 0.717) is 22.6 Å². The fourth-order valence-corrected chi connectivity index (χ4v) is 4.03. The summed E-state index contributed by atoms with van der Waals surface area (Å²) in [6.07, 6.45) is 0.854. The van der Waals surface area contributed by atoms with Crippen LogP contribution in [0.3, 0.4) is 0 Å². The first-order valence-corrected chi connectivity index (χ1v) is 10.4. The van der Waals surface area contributed by atoms with E-state index in [0.717, 1.165) is 42.0 Å². The first-order chi connectivity index (χ1) is 13.5. The molecule has 0 aliphatic carbocycles. The largest absolute Gasteiger partial charge is 0.383 e. The lowest BCUT2D eigenvalue weighted by Crippen LogP contribution is -2.31. The quantitative estimate of drug-likeness (QED) is 0.449. The summed E-state index contributed by atoms with van der Waals surface area (Å²) in [5.41, 5.74) is 5.21. The topological polar surface area (TPSA) is 29.8 Å². The normalized spacial score (nSPS) is 11.5. The third-order valence-corrected chi connectivity index (χ3v) is 5.26. The van der Waals surface area contributed by atoms with Gasteiger partial charge in [-0.25, -0.2) is 4.52 Å². The molecule has 0 aliphatic rings. The predicted octanol–water partition coefficient (Wildman–Crippen LogP) is 5.98. The van der Waals surface area contributed by atoms with Crippen LogP contribution in [0.25, 0.3) is 16.8 Å². The van der Waals surface area contributed by atoms with Crippen LogP contribution >= 0.6 is 23.2 Å². The maximum absolute atomic E-state index is 6.49. The molecule has 2 heterocycles. The maximum Gasteiger partial charge on any atom is 0.0905 e. The molecule has 0 atom stereocenters.